The first-order valence-electron chi connectivity index (χ1n) is 7.19. The molecule has 0 aliphatic rings. The molecule has 118 valence electrons. The van der Waals surface area contributed by atoms with E-state index in [1.807, 2.05) is 12.1 Å². The zero-order valence-electron chi connectivity index (χ0n) is 13.1. The van der Waals surface area contributed by atoms with Gasteiger partial charge in [-0.05, 0) is 35.2 Å². The standard InChI is InChI=1S/C18H16O4S/c1-18(2,3)12-6-4-11(5-7-12)16(19)21-13-8-9-15-14(10-13)22-17(20)23-15/h4-10H,1-3H3. The normalized spacial score (nSPS) is 11.6. The maximum absolute atomic E-state index is 12.2. The molecule has 0 saturated heterocycles. The van der Waals surface area contributed by atoms with Crippen LogP contribution in [0.15, 0.2) is 51.7 Å². The van der Waals surface area contributed by atoms with Gasteiger partial charge in [0.25, 0.3) is 0 Å². The topological polar surface area (TPSA) is 56.5 Å². The van der Waals surface area contributed by atoms with Crippen LogP contribution in [0.25, 0.3) is 10.3 Å². The Morgan fingerprint density at radius 1 is 1.09 bits per heavy atom. The Labute approximate surface area is 137 Å². The van der Waals surface area contributed by atoms with E-state index in [1.54, 1.807) is 30.3 Å². The molecule has 1 aromatic heterocycles. The van der Waals surface area contributed by atoms with Crippen molar-refractivity contribution < 1.29 is 13.9 Å². The Morgan fingerprint density at radius 2 is 1.78 bits per heavy atom. The summed E-state index contributed by atoms with van der Waals surface area (Å²) in [5.74, 6) is -0.0914. The second kappa shape index (κ2) is 5.66. The highest BCUT2D eigenvalue weighted by atomic mass is 32.1. The molecule has 5 heteroatoms. The first-order valence-corrected chi connectivity index (χ1v) is 8.01. The van der Waals surface area contributed by atoms with Crippen LogP contribution >= 0.6 is 11.3 Å². The van der Waals surface area contributed by atoms with Gasteiger partial charge in [0.2, 0.25) is 0 Å². The SMILES string of the molecule is CC(C)(C)c1ccc(C(=O)Oc2ccc3sc(=O)oc3c2)cc1. The van der Waals surface area contributed by atoms with Gasteiger partial charge in [-0.2, -0.15) is 0 Å². The molecular formula is C18H16O4S. The molecular weight excluding hydrogens is 312 g/mol. The first-order chi connectivity index (χ1) is 10.8. The van der Waals surface area contributed by atoms with E-state index in [0.717, 1.165) is 21.6 Å². The summed E-state index contributed by atoms with van der Waals surface area (Å²) >= 11 is 1.02. The first kappa shape index (κ1) is 15.5. The summed E-state index contributed by atoms with van der Waals surface area (Å²) in [5, 5.41) is 0. The third-order valence-corrected chi connectivity index (χ3v) is 4.31. The van der Waals surface area contributed by atoms with E-state index in [2.05, 4.69) is 20.8 Å². The summed E-state index contributed by atoms with van der Waals surface area (Å²) in [6, 6.07) is 12.3. The molecule has 3 rings (SSSR count). The quantitative estimate of drug-likeness (QED) is 0.518. The van der Waals surface area contributed by atoms with Gasteiger partial charge in [-0.15, -0.1) is 0 Å². The summed E-state index contributed by atoms with van der Waals surface area (Å²) in [6.45, 7) is 6.35. The lowest BCUT2D eigenvalue weighted by Crippen LogP contribution is -2.12. The minimum atomic E-state index is -0.442. The number of hydrogen-bond donors (Lipinski definition) is 0. The lowest BCUT2D eigenvalue weighted by molar-refractivity contribution is 0.0735. The minimum absolute atomic E-state index is 0.0317. The largest absolute Gasteiger partial charge is 0.423 e. The summed E-state index contributed by atoms with van der Waals surface area (Å²) in [5.41, 5.74) is 2.08. The molecule has 0 fully saturated rings. The predicted octanol–water partition coefficient (Wildman–Crippen LogP) is 4.37. The van der Waals surface area contributed by atoms with Crippen molar-refractivity contribution in [1.29, 1.82) is 0 Å². The number of hydrogen-bond acceptors (Lipinski definition) is 5. The summed E-state index contributed by atoms with van der Waals surface area (Å²) in [4.78, 5) is 23.0. The summed E-state index contributed by atoms with van der Waals surface area (Å²) < 4.78 is 11.1. The van der Waals surface area contributed by atoms with E-state index in [0.29, 0.717) is 16.9 Å². The number of carbonyl (C=O) groups is 1. The van der Waals surface area contributed by atoms with Crippen molar-refractivity contribution in [3.63, 3.8) is 0 Å². The van der Waals surface area contributed by atoms with Gasteiger partial charge in [-0.25, -0.2) is 9.59 Å². The van der Waals surface area contributed by atoms with Crippen LogP contribution in [0.4, 0.5) is 0 Å². The molecule has 0 atom stereocenters. The van der Waals surface area contributed by atoms with Crippen molar-refractivity contribution in [2.75, 3.05) is 0 Å². The van der Waals surface area contributed by atoms with E-state index in [9.17, 15) is 9.59 Å². The molecule has 3 aromatic rings. The lowest BCUT2D eigenvalue weighted by Gasteiger charge is -2.18. The van der Waals surface area contributed by atoms with Crippen molar-refractivity contribution in [2.24, 2.45) is 0 Å². The molecule has 0 aliphatic heterocycles. The van der Waals surface area contributed by atoms with Crippen LogP contribution < -0.4 is 9.68 Å². The van der Waals surface area contributed by atoms with Gasteiger partial charge >= 0.3 is 10.9 Å². The van der Waals surface area contributed by atoms with Crippen LogP contribution in [0.5, 0.6) is 5.75 Å². The molecule has 0 radical (unpaired) electrons. The highest BCUT2D eigenvalue weighted by Gasteiger charge is 2.15. The third-order valence-electron chi connectivity index (χ3n) is 3.50. The maximum Gasteiger partial charge on any atom is 0.396 e. The van der Waals surface area contributed by atoms with Crippen molar-refractivity contribution in [3.8, 4) is 5.75 Å². The fourth-order valence-electron chi connectivity index (χ4n) is 2.19. The van der Waals surface area contributed by atoms with E-state index >= 15 is 0 Å². The van der Waals surface area contributed by atoms with Gasteiger partial charge in [0.15, 0.2) is 5.58 Å². The van der Waals surface area contributed by atoms with Crippen molar-refractivity contribution >= 4 is 27.6 Å². The Morgan fingerprint density at radius 3 is 2.43 bits per heavy atom. The lowest BCUT2D eigenvalue weighted by atomic mass is 9.87. The van der Waals surface area contributed by atoms with E-state index in [-0.39, 0.29) is 10.4 Å². The van der Waals surface area contributed by atoms with Gasteiger partial charge in [-0.1, -0.05) is 44.2 Å². The fraction of sp³-hybridized carbons (Fsp3) is 0.222. The van der Waals surface area contributed by atoms with Gasteiger partial charge in [-0.3, -0.25) is 0 Å². The smallest absolute Gasteiger partial charge is 0.396 e. The van der Waals surface area contributed by atoms with Gasteiger partial charge in [0.1, 0.15) is 5.75 Å². The van der Waals surface area contributed by atoms with Crippen molar-refractivity contribution in [1.82, 2.24) is 0 Å². The number of carbonyl (C=O) groups excluding carboxylic acids is 1. The van der Waals surface area contributed by atoms with E-state index in [1.165, 1.54) is 0 Å². The molecule has 0 bridgehead atoms. The molecule has 23 heavy (non-hydrogen) atoms. The zero-order valence-corrected chi connectivity index (χ0v) is 13.9. The molecule has 1 heterocycles. The molecule has 0 saturated carbocycles. The van der Waals surface area contributed by atoms with Gasteiger partial charge in [0.05, 0.1) is 10.3 Å². The average Bonchev–Trinajstić information content (AvgIpc) is 2.86. The minimum Gasteiger partial charge on any atom is -0.423 e. The monoisotopic (exact) mass is 328 g/mol. The summed E-state index contributed by atoms with van der Waals surface area (Å²) in [7, 11) is 0. The zero-order chi connectivity index (χ0) is 16.6. The fourth-order valence-corrected chi connectivity index (χ4v) is 2.84. The predicted molar refractivity (Wildman–Crippen MR) is 90.5 cm³/mol. The Kier molecular flexibility index (Phi) is 3.82. The molecule has 0 spiro atoms. The Bertz CT molecular complexity index is 911. The Balaban J connectivity index is 1.81. The molecule has 0 unspecified atom stereocenters. The number of rotatable bonds is 2. The number of benzene rings is 2. The van der Waals surface area contributed by atoms with E-state index < -0.39 is 5.97 Å². The van der Waals surface area contributed by atoms with Crippen LogP contribution in [0, 0.1) is 0 Å². The third kappa shape index (κ3) is 3.35. The second-order valence-corrected chi connectivity index (χ2v) is 7.26. The van der Waals surface area contributed by atoms with Crippen LogP contribution in [0.3, 0.4) is 0 Å². The molecule has 2 aromatic carbocycles. The number of esters is 1. The molecule has 0 N–H and O–H groups in total. The van der Waals surface area contributed by atoms with Gasteiger partial charge in [0, 0.05) is 6.07 Å². The molecule has 0 amide bonds. The maximum atomic E-state index is 12.2. The van der Waals surface area contributed by atoms with Crippen LogP contribution in [-0.4, -0.2) is 5.97 Å². The van der Waals surface area contributed by atoms with Crippen LogP contribution in [0.2, 0.25) is 0 Å². The van der Waals surface area contributed by atoms with Crippen LogP contribution in [-0.2, 0) is 5.41 Å². The van der Waals surface area contributed by atoms with E-state index in [4.69, 9.17) is 9.15 Å². The number of fused-ring (bicyclic) bond motifs is 1. The molecule has 0 aliphatic carbocycles. The average molecular weight is 328 g/mol. The molecule has 4 nitrogen and oxygen atoms in total. The van der Waals surface area contributed by atoms with Crippen molar-refractivity contribution in [2.45, 2.75) is 26.2 Å². The summed E-state index contributed by atoms with van der Waals surface area (Å²) in [6.07, 6.45) is 0. The highest BCUT2D eigenvalue weighted by molar-refractivity contribution is 7.16. The van der Waals surface area contributed by atoms with Gasteiger partial charge < -0.3 is 9.15 Å². The highest BCUT2D eigenvalue weighted by Crippen LogP contribution is 2.25. The van der Waals surface area contributed by atoms with Crippen LogP contribution in [0.1, 0.15) is 36.7 Å². The second-order valence-electron chi connectivity index (χ2n) is 6.28. The van der Waals surface area contributed by atoms with Crippen molar-refractivity contribution in [3.05, 3.63) is 63.3 Å². The number of ether oxygens (including phenoxy) is 1. The Hall–Kier alpha value is -2.40.